The van der Waals surface area contributed by atoms with E-state index in [0.29, 0.717) is 22.5 Å². The Balaban J connectivity index is 3.12. The average molecular weight is 239 g/mol. The molecule has 0 amide bonds. The number of carbonyl (C=O) groups is 2. The average Bonchev–Trinajstić information content (AvgIpc) is 2.52. The summed E-state index contributed by atoms with van der Waals surface area (Å²) in [5.74, 6) is -0.921. The van der Waals surface area contributed by atoms with E-state index in [-0.39, 0.29) is 6.10 Å². The number of aromatic nitrogens is 1. The maximum Gasteiger partial charge on any atom is 0.355 e. The monoisotopic (exact) mass is 239 g/mol. The molecule has 0 bridgehead atoms. The molecule has 1 rings (SSSR count). The van der Waals surface area contributed by atoms with Crippen LogP contribution in [0.25, 0.3) is 0 Å². The van der Waals surface area contributed by atoms with Gasteiger partial charge in [0.05, 0.1) is 18.8 Å². The summed E-state index contributed by atoms with van der Waals surface area (Å²) in [5, 5.41) is 0. The van der Waals surface area contributed by atoms with Crippen LogP contribution in [-0.2, 0) is 9.47 Å². The molecule has 17 heavy (non-hydrogen) atoms. The van der Waals surface area contributed by atoms with Crippen molar-refractivity contribution in [2.75, 3.05) is 7.11 Å². The van der Waals surface area contributed by atoms with E-state index in [1.54, 1.807) is 27.7 Å². The number of hydrogen-bond donors (Lipinski definition) is 1. The second-order valence-electron chi connectivity index (χ2n) is 4.07. The van der Waals surface area contributed by atoms with Crippen LogP contribution in [0, 0.1) is 13.8 Å². The molecule has 0 aromatic carbocycles. The van der Waals surface area contributed by atoms with Gasteiger partial charge >= 0.3 is 11.9 Å². The number of carbonyl (C=O) groups excluding carboxylic acids is 2. The Kier molecular flexibility index (Phi) is 3.93. The fourth-order valence-corrected chi connectivity index (χ4v) is 1.64. The van der Waals surface area contributed by atoms with E-state index in [9.17, 15) is 9.59 Å². The van der Waals surface area contributed by atoms with Crippen molar-refractivity contribution in [1.82, 2.24) is 4.98 Å². The van der Waals surface area contributed by atoms with Crippen LogP contribution in [0.15, 0.2) is 0 Å². The smallest absolute Gasteiger partial charge is 0.355 e. The van der Waals surface area contributed by atoms with Crippen LogP contribution in [0.2, 0.25) is 0 Å². The van der Waals surface area contributed by atoms with Gasteiger partial charge in [-0.3, -0.25) is 0 Å². The Morgan fingerprint density at radius 3 is 2.24 bits per heavy atom. The van der Waals surface area contributed by atoms with Crippen LogP contribution < -0.4 is 0 Å². The summed E-state index contributed by atoms with van der Waals surface area (Å²) in [6, 6.07) is 0. The second kappa shape index (κ2) is 5.03. The Labute approximate surface area is 100 Å². The molecule has 94 valence electrons. The highest BCUT2D eigenvalue weighted by molar-refractivity contribution is 5.98. The summed E-state index contributed by atoms with van der Waals surface area (Å²) in [4.78, 5) is 26.1. The molecule has 1 aromatic rings. The summed E-state index contributed by atoms with van der Waals surface area (Å²) >= 11 is 0. The highest BCUT2D eigenvalue weighted by atomic mass is 16.5. The Morgan fingerprint density at radius 2 is 1.76 bits per heavy atom. The molecular formula is C12H17NO4. The molecule has 0 atom stereocenters. The maximum atomic E-state index is 11.7. The molecule has 0 aliphatic heterocycles. The first kappa shape index (κ1) is 13.3. The van der Waals surface area contributed by atoms with Gasteiger partial charge in [0.25, 0.3) is 0 Å². The predicted octanol–water partition coefficient (Wildman–Crippen LogP) is 1.98. The number of ether oxygens (including phenoxy) is 2. The lowest BCUT2D eigenvalue weighted by molar-refractivity contribution is 0.0370. The predicted molar refractivity (Wildman–Crippen MR) is 62.2 cm³/mol. The Bertz CT molecular complexity index is 446. The first-order valence-electron chi connectivity index (χ1n) is 5.37. The second-order valence-corrected chi connectivity index (χ2v) is 4.07. The molecule has 0 aliphatic carbocycles. The molecule has 0 saturated heterocycles. The van der Waals surface area contributed by atoms with Crippen molar-refractivity contribution >= 4 is 11.9 Å². The third kappa shape index (κ3) is 2.67. The highest BCUT2D eigenvalue weighted by Crippen LogP contribution is 2.19. The zero-order valence-electron chi connectivity index (χ0n) is 10.7. The van der Waals surface area contributed by atoms with Gasteiger partial charge in [-0.25, -0.2) is 9.59 Å². The van der Waals surface area contributed by atoms with Crippen LogP contribution in [0.3, 0.4) is 0 Å². The van der Waals surface area contributed by atoms with Crippen molar-refractivity contribution in [3.8, 4) is 0 Å². The minimum absolute atomic E-state index is 0.202. The standard InChI is InChI=1S/C12H17NO4/c1-6(2)17-12(15)10-7(3)9(8(4)13-10)11(14)16-5/h6,13H,1-5H3. The van der Waals surface area contributed by atoms with Gasteiger partial charge in [0.2, 0.25) is 0 Å². The molecular weight excluding hydrogens is 222 g/mol. The van der Waals surface area contributed by atoms with Crippen molar-refractivity contribution in [2.24, 2.45) is 0 Å². The number of methoxy groups -OCH3 is 1. The molecule has 5 heteroatoms. The lowest BCUT2D eigenvalue weighted by atomic mass is 10.1. The van der Waals surface area contributed by atoms with Crippen LogP contribution in [0.5, 0.6) is 0 Å². The lowest BCUT2D eigenvalue weighted by Gasteiger charge is -2.07. The molecule has 0 radical (unpaired) electrons. The maximum absolute atomic E-state index is 11.7. The van der Waals surface area contributed by atoms with E-state index in [2.05, 4.69) is 9.72 Å². The minimum atomic E-state index is -0.462. The van der Waals surface area contributed by atoms with Crippen molar-refractivity contribution in [3.05, 3.63) is 22.5 Å². The van der Waals surface area contributed by atoms with Gasteiger partial charge in [-0.1, -0.05) is 0 Å². The van der Waals surface area contributed by atoms with E-state index >= 15 is 0 Å². The van der Waals surface area contributed by atoms with Gasteiger partial charge in [0, 0.05) is 5.69 Å². The van der Waals surface area contributed by atoms with Crippen molar-refractivity contribution in [1.29, 1.82) is 0 Å². The van der Waals surface area contributed by atoms with E-state index < -0.39 is 11.9 Å². The molecule has 0 spiro atoms. The zero-order chi connectivity index (χ0) is 13.2. The number of H-pyrrole nitrogens is 1. The van der Waals surface area contributed by atoms with Gasteiger partial charge in [-0.05, 0) is 33.3 Å². The number of aromatic amines is 1. The van der Waals surface area contributed by atoms with Crippen LogP contribution in [0.1, 0.15) is 46.0 Å². The van der Waals surface area contributed by atoms with Gasteiger partial charge in [-0.2, -0.15) is 0 Å². The van der Waals surface area contributed by atoms with E-state index in [0.717, 1.165) is 0 Å². The summed E-state index contributed by atoms with van der Waals surface area (Å²) < 4.78 is 9.74. The Hall–Kier alpha value is -1.78. The number of hydrogen-bond acceptors (Lipinski definition) is 4. The van der Waals surface area contributed by atoms with E-state index in [4.69, 9.17) is 4.74 Å². The number of esters is 2. The summed E-state index contributed by atoms with van der Waals surface area (Å²) in [7, 11) is 1.31. The lowest BCUT2D eigenvalue weighted by Crippen LogP contribution is -2.13. The topological polar surface area (TPSA) is 68.4 Å². The van der Waals surface area contributed by atoms with Crippen LogP contribution in [-0.4, -0.2) is 30.1 Å². The van der Waals surface area contributed by atoms with E-state index in [1.807, 2.05) is 0 Å². The third-order valence-corrected chi connectivity index (χ3v) is 2.37. The zero-order valence-corrected chi connectivity index (χ0v) is 10.7. The molecule has 5 nitrogen and oxygen atoms in total. The molecule has 0 fully saturated rings. The first-order chi connectivity index (χ1) is 7.88. The summed E-state index contributed by atoms with van der Waals surface area (Å²) in [6.45, 7) is 6.94. The molecule has 1 aromatic heterocycles. The summed E-state index contributed by atoms with van der Waals surface area (Å²) in [6.07, 6.45) is -0.202. The minimum Gasteiger partial charge on any atom is -0.465 e. The highest BCUT2D eigenvalue weighted by Gasteiger charge is 2.23. The molecule has 1 N–H and O–H groups in total. The fraction of sp³-hybridized carbons (Fsp3) is 0.500. The van der Waals surface area contributed by atoms with Gasteiger partial charge in [0.15, 0.2) is 0 Å². The van der Waals surface area contributed by atoms with Crippen LogP contribution >= 0.6 is 0 Å². The normalized spacial score (nSPS) is 10.5. The molecule has 0 saturated carbocycles. The Morgan fingerprint density at radius 1 is 1.18 bits per heavy atom. The molecule has 0 aliphatic rings. The number of aryl methyl sites for hydroxylation is 1. The largest absolute Gasteiger partial charge is 0.465 e. The van der Waals surface area contributed by atoms with Gasteiger partial charge < -0.3 is 14.5 Å². The van der Waals surface area contributed by atoms with Crippen molar-refractivity contribution in [3.63, 3.8) is 0 Å². The summed E-state index contributed by atoms with van der Waals surface area (Å²) in [5.41, 5.74) is 1.85. The quantitative estimate of drug-likeness (QED) is 0.819. The number of nitrogens with one attached hydrogen (secondary N) is 1. The van der Waals surface area contributed by atoms with E-state index in [1.165, 1.54) is 7.11 Å². The SMILES string of the molecule is COC(=O)c1c(C)[nH]c(C(=O)OC(C)C)c1C. The first-order valence-corrected chi connectivity index (χ1v) is 5.37. The van der Waals surface area contributed by atoms with Crippen LogP contribution in [0.4, 0.5) is 0 Å². The molecule has 0 unspecified atom stereocenters. The van der Waals surface area contributed by atoms with Crippen molar-refractivity contribution in [2.45, 2.75) is 33.8 Å². The fourth-order valence-electron chi connectivity index (χ4n) is 1.64. The van der Waals surface area contributed by atoms with Gasteiger partial charge in [-0.15, -0.1) is 0 Å². The van der Waals surface area contributed by atoms with Gasteiger partial charge in [0.1, 0.15) is 5.69 Å². The third-order valence-electron chi connectivity index (χ3n) is 2.37. The number of rotatable bonds is 3. The van der Waals surface area contributed by atoms with Crippen molar-refractivity contribution < 1.29 is 19.1 Å². The molecule has 1 heterocycles.